The van der Waals surface area contributed by atoms with Gasteiger partial charge in [-0.05, 0) is 6.42 Å². The van der Waals surface area contributed by atoms with Gasteiger partial charge in [0.1, 0.15) is 0 Å². The fourth-order valence-electron chi connectivity index (χ4n) is 0.890. The van der Waals surface area contributed by atoms with E-state index < -0.39 is 11.6 Å². The summed E-state index contributed by atoms with van der Waals surface area (Å²) < 4.78 is 30.7. The first-order valence-corrected chi connectivity index (χ1v) is 11.4. The van der Waals surface area contributed by atoms with Crippen LogP contribution in [0.1, 0.15) is 19.8 Å². The van der Waals surface area contributed by atoms with Gasteiger partial charge >= 0.3 is 30.0 Å². The molecule has 0 N–H and O–H groups in total. The number of hydrogen-bond acceptors (Lipinski definition) is 1. The molecule has 0 aromatic heterocycles. The van der Waals surface area contributed by atoms with Crippen molar-refractivity contribution >= 4 is 13.6 Å². The van der Waals surface area contributed by atoms with E-state index in [1.54, 1.807) is 0 Å². The van der Waals surface area contributed by atoms with Gasteiger partial charge in [0.05, 0.1) is 24.0 Å². The Morgan fingerprint density at radius 1 is 1.33 bits per heavy atom. The van der Waals surface area contributed by atoms with E-state index in [4.69, 9.17) is 4.74 Å². The minimum absolute atomic E-state index is 0.299. The zero-order valence-corrected chi connectivity index (χ0v) is 13.1. The molecular formula is C10H11BrF2OZn. The van der Waals surface area contributed by atoms with Crippen LogP contribution in [-0.2, 0) is 16.3 Å². The Balaban J connectivity index is 0.000000921. The zero-order chi connectivity index (χ0) is 11.7. The molecule has 0 atom stereocenters. The van der Waals surface area contributed by atoms with E-state index in [9.17, 15) is 8.78 Å². The van der Waals surface area contributed by atoms with Crippen molar-refractivity contribution in [2.24, 2.45) is 0 Å². The predicted octanol–water partition coefficient (Wildman–Crippen LogP) is 3.79. The molecule has 5 heteroatoms. The van der Waals surface area contributed by atoms with Crippen molar-refractivity contribution in [3.63, 3.8) is 0 Å². The van der Waals surface area contributed by atoms with Gasteiger partial charge in [-0.15, -0.1) is 12.1 Å². The summed E-state index contributed by atoms with van der Waals surface area (Å²) in [5.41, 5.74) is 0. The number of ether oxygens (including phenoxy) is 1. The van der Waals surface area contributed by atoms with Crippen LogP contribution in [-0.4, -0.2) is 6.61 Å². The fraction of sp³-hybridized carbons (Fsp3) is 0.400. The molecule has 1 aromatic carbocycles. The van der Waals surface area contributed by atoms with Gasteiger partial charge in [0.15, 0.2) is 0 Å². The number of unbranched alkanes of at least 4 members (excludes halogenated alkanes) is 1. The van der Waals surface area contributed by atoms with Gasteiger partial charge in [-0.1, -0.05) is 13.3 Å². The van der Waals surface area contributed by atoms with Gasteiger partial charge in [-0.3, -0.25) is 8.78 Å². The SMILES string of the molecule is CCCCOc1c(F)c[c-]cc1F.[Zn+][Br]. The number of halogens is 3. The normalized spacial score (nSPS) is 9.20. The average molecular weight is 330 g/mol. The first kappa shape index (κ1) is 15.0. The van der Waals surface area contributed by atoms with E-state index in [1.165, 1.54) is 16.3 Å². The molecule has 0 unspecified atom stereocenters. The van der Waals surface area contributed by atoms with E-state index in [1.807, 2.05) is 6.92 Å². The third kappa shape index (κ3) is 5.57. The Morgan fingerprint density at radius 3 is 2.33 bits per heavy atom. The van der Waals surface area contributed by atoms with Gasteiger partial charge in [-0.25, -0.2) is 0 Å². The molecule has 15 heavy (non-hydrogen) atoms. The molecule has 0 aliphatic carbocycles. The molecule has 0 fully saturated rings. The molecule has 0 bridgehead atoms. The van der Waals surface area contributed by atoms with Gasteiger partial charge in [-0.2, -0.15) is 6.07 Å². The van der Waals surface area contributed by atoms with E-state index >= 15 is 0 Å². The summed E-state index contributed by atoms with van der Waals surface area (Å²) in [5.74, 6) is -1.69. The van der Waals surface area contributed by atoms with Crippen LogP contribution in [0.2, 0.25) is 0 Å². The quantitative estimate of drug-likeness (QED) is 0.464. The van der Waals surface area contributed by atoms with E-state index in [2.05, 4.69) is 19.7 Å². The van der Waals surface area contributed by atoms with Crippen LogP contribution in [0.15, 0.2) is 12.1 Å². The second kappa shape index (κ2) is 9.23. The van der Waals surface area contributed by atoms with Crippen molar-refractivity contribution in [3.05, 3.63) is 29.8 Å². The molecule has 0 spiro atoms. The topological polar surface area (TPSA) is 9.23 Å². The second-order valence-electron chi connectivity index (χ2n) is 2.68. The molecule has 0 saturated carbocycles. The molecule has 0 amide bonds. The molecule has 0 aliphatic rings. The molecular weight excluding hydrogens is 319 g/mol. The van der Waals surface area contributed by atoms with Crippen LogP contribution in [0.5, 0.6) is 5.75 Å². The summed E-state index contributed by atoms with van der Waals surface area (Å²) in [7, 11) is 0. The number of rotatable bonds is 4. The molecule has 1 nitrogen and oxygen atoms in total. The molecule has 80 valence electrons. The van der Waals surface area contributed by atoms with Crippen molar-refractivity contribution in [2.75, 3.05) is 6.61 Å². The van der Waals surface area contributed by atoms with Crippen molar-refractivity contribution in [1.82, 2.24) is 0 Å². The fourth-order valence-corrected chi connectivity index (χ4v) is 0.890. The molecule has 1 aromatic rings. The Morgan fingerprint density at radius 2 is 1.87 bits per heavy atom. The predicted molar refractivity (Wildman–Crippen MR) is 54.5 cm³/mol. The number of hydrogen-bond donors (Lipinski definition) is 0. The third-order valence-electron chi connectivity index (χ3n) is 1.60. The Kier molecular flexibility index (Phi) is 9.22. The van der Waals surface area contributed by atoms with Crippen molar-refractivity contribution in [2.45, 2.75) is 19.8 Å². The maximum absolute atomic E-state index is 12.9. The second-order valence-corrected chi connectivity index (χ2v) is 2.68. The summed E-state index contributed by atoms with van der Waals surface area (Å²) in [4.78, 5) is 0. The Hall–Kier alpha value is -0.0166. The average Bonchev–Trinajstić information content (AvgIpc) is 2.25. The molecule has 0 aliphatic heterocycles. The molecule has 0 saturated heterocycles. The maximum atomic E-state index is 12.9. The van der Waals surface area contributed by atoms with E-state index in [0.717, 1.165) is 25.0 Å². The minimum atomic E-state index is -0.698. The third-order valence-corrected chi connectivity index (χ3v) is 1.60. The first-order chi connectivity index (χ1) is 7.25. The van der Waals surface area contributed by atoms with Crippen LogP contribution in [0.3, 0.4) is 0 Å². The summed E-state index contributed by atoms with van der Waals surface area (Å²) in [6.07, 6.45) is 1.72. The van der Waals surface area contributed by atoms with Gasteiger partial charge in [0.2, 0.25) is 0 Å². The van der Waals surface area contributed by atoms with Gasteiger partial charge < -0.3 is 4.74 Å². The van der Waals surface area contributed by atoms with Crippen molar-refractivity contribution < 1.29 is 29.9 Å². The summed E-state index contributed by atoms with van der Waals surface area (Å²) in [6.45, 7) is 2.32. The van der Waals surface area contributed by atoms with Crippen LogP contribution in [0, 0.1) is 17.7 Å². The first-order valence-electron chi connectivity index (χ1n) is 4.50. The monoisotopic (exact) mass is 328 g/mol. The van der Waals surface area contributed by atoms with Crippen molar-refractivity contribution in [1.29, 1.82) is 0 Å². The van der Waals surface area contributed by atoms with Crippen molar-refractivity contribution in [3.8, 4) is 5.75 Å². The Labute approximate surface area is 105 Å². The standard InChI is InChI=1S/C10H11F2O.BrH.Zn/c1-2-3-7-13-10-8(11)5-4-6-9(10)12;;/h5-6H,2-3,7H2,1H3;1H;/q-1;;+2/p-1. The van der Waals surface area contributed by atoms with Crippen LogP contribution >= 0.6 is 13.6 Å². The Bertz CT molecular complexity index is 264. The molecule has 1 rings (SSSR count). The molecule has 0 radical (unpaired) electrons. The van der Waals surface area contributed by atoms with E-state index in [0.29, 0.717) is 6.61 Å². The summed E-state index contributed by atoms with van der Waals surface area (Å²) >= 11 is 4.25. The van der Waals surface area contributed by atoms with Crippen LogP contribution in [0.25, 0.3) is 0 Å². The summed E-state index contributed by atoms with van der Waals surface area (Å²) in [5, 5.41) is 0. The summed E-state index contributed by atoms with van der Waals surface area (Å²) in [6, 6.07) is 4.45. The van der Waals surface area contributed by atoms with Crippen LogP contribution < -0.4 is 4.74 Å². The van der Waals surface area contributed by atoms with Gasteiger partial charge in [0, 0.05) is 0 Å². The van der Waals surface area contributed by atoms with Crippen LogP contribution in [0.4, 0.5) is 8.78 Å². The molecule has 0 heterocycles. The van der Waals surface area contributed by atoms with E-state index in [-0.39, 0.29) is 5.75 Å². The number of benzene rings is 1. The zero-order valence-electron chi connectivity index (χ0n) is 8.53. The van der Waals surface area contributed by atoms with Gasteiger partial charge in [0.25, 0.3) is 0 Å².